The highest BCUT2D eigenvalue weighted by Gasteiger charge is 2.26. The maximum absolute atomic E-state index is 4.38. The second kappa shape index (κ2) is 6.76. The number of aromatic nitrogens is 5. The highest BCUT2D eigenvalue weighted by atomic mass is 15.2. The van der Waals surface area contributed by atoms with Crippen LogP contribution >= 0.6 is 0 Å². The SMILES string of the molecule is c1cnc(Nc2cc(C3CCCN3Cc3cnc[nH]3)ccn2)nc1. The highest BCUT2D eigenvalue weighted by molar-refractivity contribution is 5.48. The highest BCUT2D eigenvalue weighted by Crippen LogP contribution is 2.33. The molecule has 1 fully saturated rings. The van der Waals surface area contributed by atoms with Crippen LogP contribution in [0.15, 0.2) is 49.3 Å². The fraction of sp³-hybridized carbons (Fsp3) is 0.294. The van der Waals surface area contributed by atoms with E-state index in [0.717, 1.165) is 31.0 Å². The number of H-pyrrole nitrogens is 1. The zero-order chi connectivity index (χ0) is 16.2. The number of likely N-dealkylation sites (tertiary alicyclic amines) is 1. The van der Waals surface area contributed by atoms with Crippen molar-refractivity contribution in [1.29, 1.82) is 0 Å². The first-order valence-electron chi connectivity index (χ1n) is 8.10. The third-order valence-corrected chi connectivity index (χ3v) is 4.27. The quantitative estimate of drug-likeness (QED) is 0.752. The van der Waals surface area contributed by atoms with Crippen molar-refractivity contribution in [2.75, 3.05) is 11.9 Å². The van der Waals surface area contributed by atoms with E-state index >= 15 is 0 Å². The van der Waals surface area contributed by atoms with Crippen LogP contribution in [0, 0.1) is 0 Å². The summed E-state index contributed by atoms with van der Waals surface area (Å²) in [6, 6.07) is 6.37. The van der Waals surface area contributed by atoms with Gasteiger partial charge in [-0.25, -0.2) is 19.9 Å². The third-order valence-electron chi connectivity index (χ3n) is 4.27. The Morgan fingerprint density at radius 2 is 2.12 bits per heavy atom. The normalized spacial score (nSPS) is 17.9. The predicted octanol–water partition coefficient (Wildman–Crippen LogP) is 2.68. The fourth-order valence-electron chi connectivity index (χ4n) is 3.18. The number of rotatable bonds is 5. The molecule has 4 heterocycles. The van der Waals surface area contributed by atoms with E-state index in [1.165, 1.54) is 12.0 Å². The molecule has 1 atom stereocenters. The van der Waals surface area contributed by atoms with Gasteiger partial charge in [0.1, 0.15) is 5.82 Å². The van der Waals surface area contributed by atoms with Gasteiger partial charge in [0, 0.05) is 43.1 Å². The molecule has 3 aromatic heterocycles. The number of pyridine rings is 1. The molecule has 0 bridgehead atoms. The van der Waals surface area contributed by atoms with Crippen LogP contribution in [-0.2, 0) is 6.54 Å². The van der Waals surface area contributed by atoms with Gasteiger partial charge in [0.15, 0.2) is 0 Å². The lowest BCUT2D eigenvalue weighted by Gasteiger charge is -2.24. The lowest BCUT2D eigenvalue weighted by Crippen LogP contribution is -2.23. The Balaban J connectivity index is 1.51. The molecular formula is C17H19N7. The number of imidazole rings is 1. The zero-order valence-corrected chi connectivity index (χ0v) is 13.3. The van der Waals surface area contributed by atoms with Gasteiger partial charge >= 0.3 is 0 Å². The van der Waals surface area contributed by atoms with Crippen molar-refractivity contribution in [2.24, 2.45) is 0 Å². The van der Waals surface area contributed by atoms with Gasteiger partial charge in [-0.3, -0.25) is 4.90 Å². The van der Waals surface area contributed by atoms with Gasteiger partial charge in [-0.2, -0.15) is 0 Å². The minimum Gasteiger partial charge on any atom is -0.347 e. The summed E-state index contributed by atoms with van der Waals surface area (Å²) in [4.78, 5) is 22.5. The van der Waals surface area contributed by atoms with Crippen LogP contribution in [0.4, 0.5) is 11.8 Å². The maximum Gasteiger partial charge on any atom is 0.228 e. The summed E-state index contributed by atoms with van der Waals surface area (Å²) in [7, 11) is 0. The monoisotopic (exact) mass is 321 g/mol. The van der Waals surface area contributed by atoms with E-state index < -0.39 is 0 Å². The van der Waals surface area contributed by atoms with E-state index in [0.29, 0.717) is 12.0 Å². The van der Waals surface area contributed by atoms with Crippen LogP contribution in [0.1, 0.15) is 30.1 Å². The molecule has 7 heteroatoms. The van der Waals surface area contributed by atoms with Gasteiger partial charge in [-0.1, -0.05) is 0 Å². The molecule has 0 aromatic carbocycles. The van der Waals surface area contributed by atoms with Gasteiger partial charge < -0.3 is 10.3 Å². The molecule has 3 aromatic rings. The van der Waals surface area contributed by atoms with E-state index in [-0.39, 0.29) is 0 Å². The number of hydrogen-bond donors (Lipinski definition) is 2. The first kappa shape index (κ1) is 14.8. The molecule has 0 aliphatic carbocycles. The van der Waals surface area contributed by atoms with Gasteiger partial charge in [0.25, 0.3) is 0 Å². The Kier molecular flexibility index (Phi) is 4.16. The first-order valence-corrected chi connectivity index (χ1v) is 8.10. The Hall–Kier alpha value is -2.80. The van der Waals surface area contributed by atoms with Crippen molar-refractivity contribution in [2.45, 2.75) is 25.4 Å². The topological polar surface area (TPSA) is 82.6 Å². The number of hydrogen-bond acceptors (Lipinski definition) is 6. The summed E-state index contributed by atoms with van der Waals surface area (Å²) in [5, 5.41) is 3.16. The van der Waals surface area contributed by atoms with Crippen molar-refractivity contribution in [1.82, 2.24) is 29.8 Å². The molecule has 1 saturated heterocycles. The molecule has 1 aliphatic rings. The standard InChI is InChI=1S/C17H19N7/c1-3-15(24(8-1)11-14-10-18-12-22-14)13-4-7-19-16(9-13)23-17-20-5-2-6-21-17/h2,4-7,9-10,12,15H,1,3,8,11H2,(H,18,22)(H,19,20,21,23). The maximum atomic E-state index is 4.38. The van der Waals surface area contributed by atoms with Crippen molar-refractivity contribution in [3.05, 3.63) is 60.6 Å². The first-order chi connectivity index (χ1) is 11.9. The Bertz CT molecular complexity index is 773. The van der Waals surface area contributed by atoms with Crippen LogP contribution in [0.3, 0.4) is 0 Å². The Labute approximate surface area is 140 Å². The van der Waals surface area contributed by atoms with Crippen LogP contribution in [0.2, 0.25) is 0 Å². The molecule has 4 rings (SSSR count). The van der Waals surface area contributed by atoms with Crippen LogP contribution < -0.4 is 5.32 Å². The largest absolute Gasteiger partial charge is 0.347 e. The zero-order valence-electron chi connectivity index (χ0n) is 13.3. The van der Waals surface area contributed by atoms with Gasteiger partial charge in [0.05, 0.1) is 6.33 Å². The van der Waals surface area contributed by atoms with Gasteiger partial charge in [0.2, 0.25) is 5.95 Å². The molecule has 1 aliphatic heterocycles. The van der Waals surface area contributed by atoms with Crippen LogP contribution in [0.25, 0.3) is 0 Å². The molecule has 24 heavy (non-hydrogen) atoms. The summed E-state index contributed by atoms with van der Waals surface area (Å²) in [5.74, 6) is 1.33. The Morgan fingerprint density at radius 1 is 1.21 bits per heavy atom. The molecule has 7 nitrogen and oxygen atoms in total. The molecule has 0 spiro atoms. The van der Waals surface area contributed by atoms with Crippen molar-refractivity contribution >= 4 is 11.8 Å². The number of anilines is 2. The summed E-state index contributed by atoms with van der Waals surface area (Å²) in [6.07, 6.45) is 11.2. The summed E-state index contributed by atoms with van der Waals surface area (Å²) in [6.45, 7) is 1.98. The molecule has 2 N–H and O–H groups in total. The van der Waals surface area contributed by atoms with Crippen molar-refractivity contribution < 1.29 is 0 Å². The minimum absolute atomic E-state index is 0.397. The summed E-state index contributed by atoms with van der Waals surface area (Å²) in [5.41, 5.74) is 2.41. The van der Waals surface area contributed by atoms with E-state index in [1.807, 2.05) is 12.4 Å². The third kappa shape index (κ3) is 3.26. The van der Waals surface area contributed by atoms with Crippen molar-refractivity contribution in [3.8, 4) is 0 Å². The van der Waals surface area contributed by atoms with Crippen LogP contribution in [0.5, 0.6) is 0 Å². The molecule has 0 saturated carbocycles. The second-order valence-electron chi connectivity index (χ2n) is 5.88. The molecule has 0 radical (unpaired) electrons. The smallest absolute Gasteiger partial charge is 0.228 e. The average molecular weight is 321 g/mol. The molecule has 0 amide bonds. The Morgan fingerprint density at radius 3 is 2.96 bits per heavy atom. The summed E-state index contributed by atoms with van der Waals surface area (Å²) < 4.78 is 0. The van der Waals surface area contributed by atoms with Gasteiger partial charge in [-0.05, 0) is 43.1 Å². The molecular weight excluding hydrogens is 302 g/mol. The summed E-state index contributed by atoms with van der Waals surface area (Å²) >= 11 is 0. The lowest BCUT2D eigenvalue weighted by atomic mass is 10.1. The molecule has 1 unspecified atom stereocenters. The average Bonchev–Trinajstić information content (AvgIpc) is 3.28. The second-order valence-corrected chi connectivity index (χ2v) is 5.88. The number of nitrogens with one attached hydrogen (secondary N) is 2. The fourth-order valence-corrected chi connectivity index (χ4v) is 3.18. The van der Waals surface area contributed by atoms with E-state index in [9.17, 15) is 0 Å². The van der Waals surface area contributed by atoms with E-state index in [2.05, 4.69) is 47.3 Å². The molecule has 122 valence electrons. The lowest BCUT2D eigenvalue weighted by molar-refractivity contribution is 0.246. The number of aromatic amines is 1. The predicted molar refractivity (Wildman–Crippen MR) is 90.5 cm³/mol. The van der Waals surface area contributed by atoms with Crippen LogP contribution in [-0.4, -0.2) is 36.4 Å². The minimum atomic E-state index is 0.397. The van der Waals surface area contributed by atoms with E-state index in [1.54, 1.807) is 24.8 Å². The van der Waals surface area contributed by atoms with Crippen molar-refractivity contribution in [3.63, 3.8) is 0 Å². The van der Waals surface area contributed by atoms with E-state index in [4.69, 9.17) is 0 Å². The van der Waals surface area contributed by atoms with Gasteiger partial charge in [-0.15, -0.1) is 0 Å². The number of nitrogens with zero attached hydrogens (tertiary/aromatic N) is 5.